The zero-order chi connectivity index (χ0) is 24.1. The molecule has 1 aliphatic rings. The fourth-order valence-corrected chi connectivity index (χ4v) is 4.37. The Labute approximate surface area is 200 Å². The highest BCUT2D eigenvalue weighted by atomic mass is 32.2. The molecule has 3 rings (SSSR count). The lowest BCUT2D eigenvalue weighted by atomic mass is 10.1. The molecule has 1 saturated heterocycles. The van der Waals surface area contributed by atoms with Crippen molar-refractivity contribution in [3.05, 3.63) is 52.9 Å². The maximum Gasteiger partial charge on any atom is 0.344 e. The van der Waals surface area contributed by atoms with Crippen molar-refractivity contribution >= 4 is 63.5 Å². The highest BCUT2D eigenvalue weighted by Crippen LogP contribution is 2.37. The Kier molecular flexibility index (Phi) is 7.72. The molecule has 10 heteroatoms. The summed E-state index contributed by atoms with van der Waals surface area (Å²) in [7, 11) is 1.46. The monoisotopic (exact) mass is 486 g/mol. The topological polar surface area (TPSA) is 105 Å². The van der Waals surface area contributed by atoms with Crippen LogP contribution >= 0.6 is 24.0 Å². The maximum atomic E-state index is 13.0. The minimum atomic E-state index is -1.06. The van der Waals surface area contributed by atoms with Gasteiger partial charge in [0.25, 0.3) is 5.91 Å². The first-order valence-electron chi connectivity index (χ1n) is 9.96. The molecule has 33 heavy (non-hydrogen) atoms. The van der Waals surface area contributed by atoms with Gasteiger partial charge in [-0.2, -0.15) is 0 Å². The third-order valence-electron chi connectivity index (χ3n) is 4.64. The van der Waals surface area contributed by atoms with Crippen LogP contribution in [0.25, 0.3) is 6.08 Å². The molecule has 2 N–H and O–H groups in total. The molecule has 2 aromatic rings. The first-order chi connectivity index (χ1) is 15.7. The minimum absolute atomic E-state index is 0.184. The van der Waals surface area contributed by atoms with Gasteiger partial charge in [0.05, 0.1) is 17.7 Å². The highest BCUT2D eigenvalue weighted by molar-refractivity contribution is 8.27. The van der Waals surface area contributed by atoms with Crippen molar-refractivity contribution in [1.82, 2.24) is 0 Å². The number of amides is 2. The number of rotatable bonds is 8. The van der Waals surface area contributed by atoms with E-state index in [2.05, 4.69) is 5.32 Å². The Bertz CT molecular complexity index is 1130. The Morgan fingerprint density at radius 1 is 1.21 bits per heavy atom. The zero-order valence-corrected chi connectivity index (χ0v) is 19.8. The molecule has 0 aliphatic carbocycles. The van der Waals surface area contributed by atoms with E-state index in [1.165, 1.54) is 30.7 Å². The average Bonchev–Trinajstić information content (AvgIpc) is 3.05. The number of aliphatic carboxylic acids is 1. The van der Waals surface area contributed by atoms with Gasteiger partial charge in [0, 0.05) is 12.6 Å². The zero-order valence-electron chi connectivity index (χ0n) is 18.2. The number of carboxylic acids is 1. The molecule has 2 aromatic carbocycles. The van der Waals surface area contributed by atoms with Crippen molar-refractivity contribution in [3.63, 3.8) is 0 Å². The molecule has 0 spiro atoms. The summed E-state index contributed by atoms with van der Waals surface area (Å²) >= 11 is 6.58. The van der Waals surface area contributed by atoms with Crippen molar-refractivity contribution in [3.8, 4) is 11.5 Å². The Hall–Kier alpha value is -3.37. The molecule has 0 bridgehead atoms. The molecule has 0 saturated carbocycles. The lowest BCUT2D eigenvalue weighted by molar-refractivity contribution is -0.145. The number of benzene rings is 2. The van der Waals surface area contributed by atoms with Crippen LogP contribution in [0.3, 0.4) is 0 Å². The number of carbonyl (C=O) groups excluding carboxylic acids is 2. The summed E-state index contributed by atoms with van der Waals surface area (Å²) in [4.78, 5) is 37.3. The van der Waals surface area contributed by atoms with Crippen LogP contribution in [-0.2, 0) is 14.4 Å². The summed E-state index contributed by atoms with van der Waals surface area (Å²) in [5.41, 5.74) is 1.88. The maximum absolute atomic E-state index is 13.0. The predicted octanol–water partition coefficient (Wildman–Crippen LogP) is 4.30. The van der Waals surface area contributed by atoms with Gasteiger partial charge in [0.15, 0.2) is 21.9 Å². The van der Waals surface area contributed by atoms with Crippen LogP contribution in [0.1, 0.15) is 25.8 Å². The van der Waals surface area contributed by atoms with E-state index in [0.29, 0.717) is 44.1 Å². The van der Waals surface area contributed by atoms with E-state index >= 15 is 0 Å². The highest BCUT2D eigenvalue weighted by Gasteiger charge is 2.33. The first-order valence-corrected chi connectivity index (χ1v) is 11.2. The fraction of sp³-hybridized carbons (Fsp3) is 0.217. The first kappa shape index (κ1) is 24.3. The molecule has 1 aliphatic heterocycles. The van der Waals surface area contributed by atoms with Gasteiger partial charge in [-0.1, -0.05) is 37.0 Å². The average molecular weight is 487 g/mol. The molecule has 0 radical (unpaired) electrons. The molecule has 1 heterocycles. The van der Waals surface area contributed by atoms with E-state index in [1.807, 2.05) is 0 Å². The van der Waals surface area contributed by atoms with Gasteiger partial charge in [-0.25, -0.2) is 4.79 Å². The lowest BCUT2D eigenvalue weighted by Crippen LogP contribution is -2.27. The van der Waals surface area contributed by atoms with Crippen molar-refractivity contribution < 1.29 is 29.0 Å². The summed E-state index contributed by atoms with van der Waals surface area (Å²) in [5.74, 6) is -0.856. The summed E-state index contributed by atoms with van der Waals surface area (Å²) in [5, 5.41) is 11.9. The summed E-state index contributed by atoms with van der Waals surface area (Å²) < 4.78 is 11.3. The van der Waals surface area contributed by atoms with Crippen LogP contribution in [-0.4, -0.2) is 40.4 Å². The van der Waals surface area contributed by atoms with Crippen LogP contribution < -0.4 is 19.7 Å². The normalized spacial score (nSPS) is 15.5. The Balaban J connectivity index is 1.82. The number of thiocarbonyl (C=S) groups is 1. The van der Waals surface area contributed by atoms with Crippen LogP contribution in [0.4, 0.5) is 11.4 Å². The van der Waals surface area contributed by atoms with Gasteiger partial charge in [-0.3, -0.25) is 14.5 Å². The Morgan fingerprint density at radius 3 is 2.48 bits per heavy atom. The Morgan fingerprint density at radius 2 is 1.91 bits per heavy atom. The molecule has 1 unspecified atom stereocenters. The second-order valence-electron chi connectivity index (χ2n) is 7.01. The number of nitrogens with zero attached hydrogens (tertiary/aromatic N) is 1. The molecular formula is C23H22N2O6S2. The van der Waals surface area contributed by atoms with E-state index in [9.17, 15) is 19.5 Å². The SMILES string of the molecule is CCC(Oc1ccc(/C=C2/SC(=S)N(c3ccc(NC(C)=O)cc3)C2=O)cc1OC)C(=O)O. The van der Waals surface area contributed by atoms with Crippen LogP contribution in [0.5, 0.6) is 11.5 Å². The standard InChI is InChI=1S/C23H22N2O6S2/c1-4-17(22(28)29)31-18-10-5-14(11-19(18)30-3)12-20-21(27)25(23(32)33-20)16-8-6-15(7-9-16)24-13(2)26/h5-12,17H,4H2,1-3H3,(H,24,26)(H,28,29)/b20-12+. The van der Waals surface area contributed by atoms with Gasteiger partial charge in [0.2, 0.25) is 5.91 Å². The van der Waals surface area contributed by atoms with Crippen molar-refractivity contribution in [1.29, 1.82) is 0 Å². The summed E-state index contributed by atoms with van der Waals surface area (Å²) in [6.45, 7) is 3.14. The fourth-order valence-electron chi connectivity index (χ4n) is 3.07. The molecule has 2 amide bonds. The molecule has 1 atom stereocenters. The van der Waals surface area contributed by atoms with Gasteiger partial charge < -0.3 is 19.9 Å². The number of thioether (sulfide) groups is 1. The number of carboxylic acid groups (broad SMARTS) is 1. The van der Waals surface area contributed by atoms with Gasteiger partial charge >= 0.3 is 5.97 Å². The lowest BCUT2D eigenvalue weighted by Gasteiger charge is -2.16. The van der Waals surface area contributed by atoms with E-state index in [0.717, 1.165) is 0 Å². The van der Waals surface area contributed by atoms with Crippen LogP contribution in [0.2, 0.25) is 0 Å². The van der Waals surface area contributed by atoms with Crippen LogP contribution in [0.15, 0.2) is 47.4 Å². The van der Waals surface area contributed by atoms with E-state index in [4.69, 9.17) is 21.7 Å². The molecule has 8 nitrogen and oxygen atoms in total. The third-order valence-corrected chi connectivity index (χ3v) is 5.94. The van der Waals surface area contributed by atoms with Crippen LogP contribution in [0, 0.1) is 0 Å². The third kappa shape index (κ3) is 5.71. The van der Waals surface area contributed by atoms with E-state index < -0.39 is 12.1 Å². The van der Waals surface area contributed by atoms with Crippen molar-refractivity contribution in [2.24, 2.45) is 0 Å². The number of hydrogen-bond donors (Lipinski definition) is 2. The molecule has 172 valence electrons. The smallest absolute Gasteiger partial charge is 0.344 e. The summed E-state index contributed by atoms with van der Waals surface area (Å²) in [6.07, 6.45) is 0.998. The molecule has 1 fully saturated rings. The van der Waals surface area contributed by atoms with Crippen molar-refractivity contribution in [2.75, 3.05) is 17.3 Å². The second-order valence-corrected chi connectivity index (χ2v) is 8.68. The number of nitrogens with one attached hydrogen (secondary N) is 1. The van der Waals surface area contributed by atoms with Gasteiger partial charge in [-0.15, -0.1) is 0 Å². The summed E-state index contributed by atoms with van der Waals surface area (Å²) in [6, 6.07) is 11.8. The molecular weight excluding hydrogens is 464 g/mol. The largest absolute Gasteiger partial charge is 0.493 e. The number of hydrogen-bond acceptors (Lipinski definition) is 7. The quantitative estimate of drug-likeness (QED) is 0.420. The van der Waals surface area contributed by atoms with Gasteiger partial charge in [-0.05, 0) is 54.5 Å². The number of anilines is 2. The molecule has 0 aromatic heterocycles. The van der Waals surface area contributed by atoms with E-state index in [-0.39, 0.29) is 11.8 Å². The minimum Gasteiger partial charge on any atom is -0.493 e. The predicted molar refractivity (Wildman–Crippen MR) is 132 cm³/mol. The van der Waals surface area contributed by atoms with E-state index in [1.54, 1.807) is 55.5 Å². The number of carbonyl (C=O) groups is 3. The number of ether oxygens (including phenoxy) is 2. The number of methoxy groups -OCH3 is 1. The van der Waals surface area contributed by atoms with Crippen molar-refractivity contribution in [2.45, 2.75) is 26.4 Å². The van der Waals surface area contributed by atoms with Gasteiger partial charge in [0.1, 0.15) is 0 Å². The second kappa shape index (κ2) is 10.5.